The summed E-state index contributed by atoms with van der Waals surface area (Å²) >= 11 is 0. The number of alkyl halides is 3. The highest BCUT2D eigenvalue weighted by molar-refractivity contribution is 5.78. The van der Waals surface area contributed by atoms with Crippen LogP contribution >= 0.6 is 0 Å². The molecule has 0 amide bonds. The Labute approximate surface area is 117 Å². The third-order valence-electron chi connectivity index (χ3n) is 2.74. The lowest BCUT2D eigenvalue weighted by Crippen LogP contribution is -2.05. The van der Waals surface area contributed by atoms with Gasteiger partial charge >= 0.3 is 11.9 Å². The summed E-state index contributed by atoms with van der Waals surface area (Å²) in [4.78, 5) is 10.3. The van der Waals surface area contributed by atoms with Gasteiger partial charge in [0.2, 0.25) is 0 Å². The number of nitrogen functional groups attached to an aromatic ring is 1. The van der Waals surface area contributed by atoms with Crippen molar-refractivity contribution in [1.82, 2.24) is 0 Å². The van der Waals surface area contributed by atoms with E-state index in [0.29, 0.717) is 0 Å². The molecule has 3 N–H and O–H groups in total. The zero-order valence-corrected chi connectivity index (χ0v) is 10.5. The van der Waals surface area contributed by atoms with E-state index in [0.717, 1.165) is 12.1 Å². The first-order chi connectivity index (χ1) is 9.79. The minimum Gasteiger partial charge on any atom is -0.393 e. The summed E-state index contributed by atoms with van der Waals surface area (Å²) in [5, 5.41) is 13.6. The normalized spacial score (nSPS) is 11.2. The topological polar surface area (TPSA) is 81.2 Å². The van der Waals surface area contributed by atoms with Crippen molar-refractivity contribution in [2.75, 3.05) is 11.1 Å². The van der Waals surface area contributed by atoms with E-state index in [2.05, 4.69) is 5.32 Å². The molecule has 0 aliphatic carbocycles. The molecule has 0 atom stereocenters. The van der Waals surface area contributed by atoms with Crippen LogP contribution in [-0.4, -0.2) is 4.92 Å². The van der Waals surface area contributed by atoms with Crippen LogP contribution in [0.5, 0.6) is 0 Å². The largest absolute Gasteiger partial charge is 0.416 e. The molecule has 8 heteroatoms. The summed E-state index contributed by atoms with van der Waals surface area (Å²) in [7, 11) is 0. The number of halogens is 3. The van der Waals surface area contributed by atoms with Crippen molar-refractivity contribution in [2.45, 2.75) is 6.18 Å². The SMILES string of the molecule is Nc1cccc(Nc2ccc(C(F)(F)F)cc2)c1[N+](=O)[O-]. The van der Waals surface area contributed by atoms with Gasteiger partial charge in [-0.3, -0.25) is 10.1 Å². The van der Waals surface area contributed by atoms with Crippen LogP contribution in [0.25, 0.3) is 0 Å². The number of rotatable bonds is 3. The van der Waals surface area contributed by atoms with Crippen molar-refractivity contribution in [2.24, 2.45) is 0 Å². The third-order valence-corrected chi connectivity index (χ3v) is 2.74. The number of nitrogens with zero attached hydrogens (tertiary/aromatic N) is 1. The van der Waals surface area contributed by atoms with Gasteiger partial charge in [-0.05, 0) is 36.4 Å². The molecule has 0 aromatic heterocycles. The monoisotopic (exact) mass is 297 g/mol. The summed E-state index contributed by atoms with van der Waals surface area (Å²) in [6.07, 6.45) is -4.43. The number of anilines is 3. The molecule has 0 spiro atoms. The van der Waals surface area contributed by atoms with Crippen LogP contribution < -0.4 is 11.1 Å². The lowest BCUT2D eigenvalue weighted by Gasteiger charge is -2.10. The highest BCUT2D eigenvalue weighted by atomic mass is 19.4. The number of nitro benzene ring substituents is 1. The zero-order chi connectivity index (χ0) is 15.6. The predicted octanol–water partition coefficient (Wildman–Crippen LogP) is 3.94. The van der Waals surface area contributed by atoms with Crippen LogP contribution in [0.2, 0.25) is 0 Å². The summed E-state index contributed by atoms with van der Waals surface area (Å²) in [5.74, 6) is 0. The zero-order valence-electron chi connectivity index (χ0n) is 10.5. The van der Waals surface area contributed by atoms with E-state index < -0.39 is 16.7 Å². The van der Waals surface area contributed by atoms with Crippen molar-refractivity contribution in [3.05, 3.63) is 58.1 Å². The number of nitrogens with one attached hydrogen (secondary N) is 1. The number of nitrogens with two attached hydrogens (primary N) is 1. The van der Waals surface area contributed by atoms with Crippen LogP contribution in [0.1, 0.15) is 5.56 Å². The second kappa shape index (κ2) is 5.31. The van der Waals surface area contributed by atoms with Gasteiger partial charge in [0.1, 0.15) is 11.4 Å². The molecule has 0 saturated carbocycles. The molecule has 2 aromatic carbocycles. The van der Waals surface area contributed by atoms with Crippen LogP contribution in [0, 0.1) is 10.1 Å². The fourth-order valence-electron chi connectivity index (χ4n) is 1.76. The fourth-order valence-corrected chi connectivity index (χ4v) is 1.76. The fraction of sp³-hybridized carbons (Fsp3) is 0.0769. The van der Waals surface area contributed by atoms with Gasteiger partial charge in [-0.15, -0.1) is 0 Å². The third kappa shape index (κ3) is 3.22. The average molecular weight is 297 g/mol. The molecule has 0 radical (unpaired) electrons. The first-order valence-corrected chi connectivity index (χ1v) is 5.76. The number of hydrogen-bond donors (Lipinski definition) is 2. The summed E-state index contributed by atoms with van der Waals surface area (Å²) in [5.41, 5.74) is 4.78. The Balaban J connectivity index is 2.31. The molecule has 0 aliphatic rings. The number of benzene rings is 2. The molecule has 5 nitrogen and oxygen atoms in total. The lowest BCUT2D eigenvalue weighted by molar-refractivity contribution is -0.383. The minimum absolute atomic E-state index is 0.0306. The molecule has 0 saturated heterocycles. The summed E-state index contributed by atoms with van der Waals surface area (Å²) < 4.78 is 37.3. The molecule has 0 unspecified atom stereocenters. The standard InChI is InChI=1S/C13H10F3N3O2/c14-13(15,16)8-4-6-9(7-5-8)18-11-3-1-2-10(17)12(11)19(20)21/h1-7,18H,17H2. The molecular weight excluding hydrogens is 287 g/mol. The quantitative estimate of drug-likeness (QED) is 0.511. The van der Waals surface area contributed by atoms with E-state index in [1.54, 1.807) is 0 Å². The van der Waals surface area contributed by atoms with Crippen molar-refractivity contribution < 1.29 is 18.1 Å². The molecule has 0 bridgehead atoms. The van der Waals surface area contributed by atoms with E-state index in [-0.39, 0.29) is 22.7 Å². The van der Waals surface area contributed by atoms with Crippen molar-refractivity contribution >= 4 is 22.7 Å². The summed E-state index contributed by atoms with van der Waals surface area (Å²) in [6.45, 7) is 0. The highest BCUT2D eigenvalue weighted by Gasteiger charge is 2.30. The van der Waals surface area contributed by atoms with Crippen molar-refractivity contribution in [3.63, 3.8) is 0 Å². The van der Waals surface area contributed by atoms with Gasteiger partial charge in [-0.25, -0.2) is 0 Å². The van der Waals surface area contributed by atoms with Gasteiger partial charge in [0.15, 0.2) is 0 Å². The van der Waals surface area contributed by atoms with Crippen LogP contribution in [0.15, 0.2) is 42.5 Å². The second-order valence-electron chi connectivity index (χ2n) is 4.20. The van der Waals surface area contributed by atoms with Gasteiger partial charge in [0.25, 0.3) is 0 Å². The van der Waals surface area contributed by atoms with Gasteiger partial charge in [-0.2, -0.15) is 13.2 Å². The first kappa shape index (κ1) is 14.6. The Bertz CT molecular complexity index is 669. The van der Waals surface area contributed by atoms with Crippen molar-refractivity contribution in [1.29, 1.82) is 0 Å². The second-order valence-corrected chi connectivity index (χ2v) is 4.20. The van der Waals surface area contributed by atoms with Gasteiger partial charge < -0.3 is 11.1 Å². The van der Waals surface area contributed by atoms with E-state index in [1.807, 2.05) is 0 Å². The van der Waals surface area contributed by atoms with Crippen LogP contribution in [-0.2, 0) is 6.18 Å². The maximum atomic E-state index is 12.4. The van der Waals surface area contributed by atoms with E-state index in [9.17, 15) is 23.3 Å². The van der Waals surface area contributed by atoms with E-state index >= 15 is 0 Å². The van der Waals surface area contributed by atoms with Crippen LogP contribution in [0.3, 0.4) is 0 Å². The Morgan fingerprint density at radius 3 is 2.24 bits per heavy atom. The van der Waals surface area contributed by atoms with Crippen LogP contribution in [0.4, 0.5) is 35.9 Å². The molecule has 0 heterocycles. The molecule has 21 heavy (non-hydrogen) atoms. The minimum atomic E-state index is -4.43. The summed E-state index contributed by atoms with van der Waals surface area (Å²) in [6, 6.07) is 8.46. The molecule has 2 rings (SSSR count). The Morgan fingerprint density at radius 1 is 1.10 bits per heavy atom. The van der Waals surface area contributed by atoms with Gasteiger partial charge in [0.05, 0.1) is 10.5 Å². The molecule has 0 aliphatic heterocycles. The number of hydrogen-bond acceptors (Lipinski definition) is 4. The Kier molecular flexibility index (Phi) is 3.70. The van der Waals surface area contributed by atoms with Gasteiger partial charge in [-0.1, -0.05) is 6.07 Å². The maximum Gasteiger partial charge on any atom is 0.416 e. The van der Waals surface area contributed by atoms with E-state index in [1.165, 1.54) is 30.3 Å². The Hall–Kier alpha value is -2.77. The lowest BCUT2D eigenvalue weighted by atomic mass is 10.2. The smallest absolute Gasteiger partial charge is 0.393 e. The Morgan fingerprint density at radius 2 is 1.71 bits per heavy atom. The molecule has 2 aromatic rings. The molecule has 110 valence electrons. The predicted molar refractivity (Wildman–Crippen MR) is 72.2 cm³/mol. The number of nitro groups is 1. The van der Waals surface area contributed by atoms with E-state index in [4.69, 9.17) is 5.73 Å². The molecular formula is C13H10F3N3O2. The average Bonchev–Trinajstić information content (AvgIpc) is 2.38. The first-order valence-electron chi connectivity index (χ1n) is 5.76. The maximum absolute atomic E-state index is 12.4. The van der Waals surface area contributed by atoms with Crippen molar-refractivity contribution in [3.8, 4) is 0 Å². The number of para-hydroxylation sites is 1. The molecule has 0 fully saturated rings. The highest BCUT2D eigenvalue weighted by Crippen LogP contribution is 2.34. The van der Waals surface area contributed by atoms with Gasteiger partial charge in [0, 0.05) is 5.69 Å².